The minimum atomic E-state index is -6.00. The molecule has 0 aliphatic heterocycles. The zero-order valence-electron chi connectivity index (χ0n) is 20.7. The molecule has 5 radical (unpaired) electrons. The fraction of sp³-hybridized carbons (Fsp3) is 0.579. The van der Waals surface area contributed by atoms with Crippen LogP contribution in [0.25, 0.3) is 0 Å². The standard InChI is InChI=1S/C10H15.3C3H6O.2BF4.Ir/c1-6-7(2)9(4)10(5)8(6)3;3*1-3(2)4;2*2-1(3,4)5;/h1-5H3;3*1-2H3;;;/q;;;;2*-1;+3. The number of hydrogen-bond donors (Lipinski definition) is 0. The van der Waals surface area contributed by atoms with Crippen LogP contribution in [0, 0.1) is 29.6 Å². The number of rotatable bonds is 0. The smallest absolute Gasteiger partial charge is 0.418 e. The fourth-order valence-electron chi connectivity index (χ4n) is 1.41. The maximum atomic E-state index is 9.75. The van der Waals surface area contributed by atoms with Crippen molar-refractivity contribution in [3.63, 3.8) is 0 Å². The molecule has 0 aromatic carbocycles. The monoisotopic (exact) mass is 676 g/mol. The molecule has 3 nitrogen and oxygen atoms in total. The molecule has 0 unspecified atom stereocenters. The van der Waals surface area contributed by atoms with Crippen LogP contribution in [0.5, 0.6) is 0 Å². The van der Waals surface area contributed by atoms with Gasteiger partial charge in [0, 0.05) is 0 Å². The van der Waals surface area contributed by atoms with E-state index in [9.17, 15) is 48.9 Å². The van der Waals surface area contributed by atoms with Crippen LogP contribution in [0.4, 0.5) is 34.5 Å². The van der Waals surface area contributed by atoms with Crippen molar-refractivity contribution >= 4 is 31.9 Å². The molecule has 1 fully saturated rings. The average molecular weight is 675 g/mol. The summed E-state index contributed by atoms with van der Waals surface area (Å²) in [7, 11) is -12.0. The molecule has 14 heteroatoms. The Labute approximate surface area is 206 Å². The Morgan fingerprint density at radius 1 is 0.424 bits per heavy atom. The number of carbonyl (C=O) groups is 3. The molecule has 197 valence electrons. The van der Waals surface area contributed by atoms with Crippen molar-refractivity contribution in [2.45, 2.75) is 76.2 Å². The van der Waals surface area contributed by atoms with Crippen LogP contribution in [0.2, 0.25) is 0 Å². The van der Waals surface area contributed by atoms with E-state index in [1.807, 2.05) is 0 Å². The van der Waals surface area contributed by atoms with Crippen LogP contribution < -0.4 is 0 Å². The van der Waals surface area contributed by atoms with Crippen molar-refractivity contribution in [2.75, 3.05) is 0 Å². The van der Waals surface area contributed by atoms with Crippen LogP contribution in [0.3, 0.4) is 0 Å². The molecule has 0 atom stereocenters. The quantitative estimate of drug-likeness (QED) is 0.199. The zero-order chi connectivity index (χ0) is 27.6. The molecule has 0 saturated heterocycles. The van der Waals surface area contributed by atoms with Crippen molar-refractivity contribution in [3.05, 3.63) is 29.6 Å². The van der Waals surface area contributed by atoms with Gasteiger partial charge in [-0.25, -0.2) is 0 Å². The summed E-state index contributed by atoms with van der Waals surface area (Å²) in [4.78, 5) is 28.3. The third-order valence-electron chi connectivity index (χ3n) is 2.81. The molecular formula is C19H33B2F8IrO3+. The molecule has 0 heterocycles. The Bertz CT molecular complexity index is 409. The van der Waals surface area contributed by atoms with E-state index in [4.69, 9.17) is 0 Å². The number of halogens is 8. The second-order valence-electron chi connectivity index (χ2n) is 6.84. The second kappa shape index (κ2) is 23.0. The molecule has 1 saturated carbocycles. The first-order valence-corrected chi connectivity index (χ1v) is 9.11. The van der Waals surface area contributed by atoms with Crippen LogP contribution >= 0.6 is 0 Å². The molecule has 0 amide bonds. The number of ketones is 3. The summed E-state index contributed by atoms with van der Waals surface area (Å²) >= 11 is 0. The first-order chi connectivity index (χ1) is 13.7. The van der Waals surface area contributed by atoms with Crippen molar-refractivity contribution in [3.8, 4) is 0 Å². The molecule has 1 aliphatic carbocycles. The van der Waals surface area contributed by atoms with Gasteiger partial charge in [0.05, 0.1) is 0 Å². The Morgan fingerprint density at radius 3 is 0.485 bits per heavy atom. The minimum Gasteiger partial charge on any atom is -0.418 e. The van der Waals surface area contributed by atoms with Crippen molar-refractivity contribution in [1.82, 2.24) is 0 Å². The third kappa shape index (κ3) is 72.2. The van der Waals surface area contributed by atoms with Gasteiger partial charge < -0.3 is 48.9 Å². The topological polar surface area (TPSA) is 51.2 Å². The van der Waals surface area contributed by atoms with Gasteiger partial charge in [-0.15, -0.1) is 0 Å². The normalized spacial score (nSPS) is 14.6. The fourth-order valence-corrected chi connectivity index (χ4v) is 1.41. The summed E-state index contributed by atoms with van der Waals surface area (Å²) in [5, 5.41) is 0. The van der Waals surface area contributed by atoms with E-state index in [-0.39, 0.29) is 37.5 Å². The maximum absolute atomic E-state index is 9.75. The van der Waals surface area contributed by atoms with Gasteiger partial charge in [0.1, 0.15) is 17.3 Å². The summed E-state index contributed by atoms with van der Waals surface area (Å²) in [6, 6.07) is 0. The summed E-state index contributed by atoms with van der Waals surface area (Å²) in [6.45, 7) is 20.2. The molecule has 1 aliphatic rings. The number of hydrogen-bond acceptors (Lipinski definition) is 3. The zero-order valence-corrected chi connectivity index (χ0v) is 23.1. The first-order valence-electron chi connectivity index (χ1n) is 9.11. The van der Waals surface area contributed by atoms with Crippen LogP contribution in [-0.4, -0.2) is 31.9 Å². The van der Waals surface area contributed by atoms with Gasteiger partial charge >= 0.3 is 34.6 Å². The van der Waals surface area contributed by atoms with Gasteiger partial charge in [-0.2, -0.15) is 0 Å². The van der Waals surface area contributed by atoms with E-state index < -0.39 is 14.5 Å². The molecule has 0 bridgehead atoms. The van der Waals surface area contributed by atoms with Gasteiger partial charge in [-0.1, -0.05) is 34.6 Å². The van der Waals surface area contributed by atoms with Gasteiger partial charge in [0.2, 0.25) is 0 Å². The molecule has 0 spiro atoms. The molecule has 1 rings (SSSR count). The van der Waals surface area contributed by atoms with Crippen LogP contribution in [0.15, 0.2) is 0 Å². The van der Waals surface area contributed by atoms with Gasteiger partial charge in [0.25, 0.3) is 0 Å². The van der Waals surface area contributed by atoms with Gasteiger partial charge in [0.15, 0.2) is 0 Å². The first kappa shape index (κ1) is 45.7. The Morgan fingerprint density at radius 2 is 0.455 bits per heavy atom. The summed E-state index contributed by atoms with van der Waals surface area (Å²) in [5.41, 5.74) is 0. The summed E-state index contributed by atoms with van der Waals surface area (Å²) in [5.74, 6) is 7.84. The predicted octanol–water partition coefficient (Wildman–Crippen LogP) is 7.36. The largest absolute Gasteiger partial charge is 3.00 e. The summed E-state index contributed by atoms with van der Waals surface area (Å²) in [6.07, 6.45) is 0. The van der Waals surface area contributed by atoms with E-state index >= 15 is 0 Å². The van der Waals surface area contributed by atoms with Gasteiger partial charge in [-0.3, -0.25) is 0 Å². The molecular weight excluding hydrogens is 642 g/mol. The molecule has 0 N–H and O–H groups in total. The Hall–Kier alpha value is -0.771. The van der Waals surface area contributed by atoms with E-state index in [0.29, 0.717) is 0 Å². The molecule has 33 heavy (non-hydrogen) atoms. The van der Waals surface area contributed by atoms with Crippen molar-refractivity contribution in [2.24, 2.45) is 0 Å². The summed E-state index contributed by atoms with van der Waals surface area (Å²) < 4.78 is 78.0. The Kier molecular flexibility index (Phi) is 31.8. The predicted molar refractivity (Wildman–Crippen MR) is 114 cm³/mol. The van der Waals surface area contributed by atoms with E-state index in [0.717, 1.165) is 0 Å². The van der Waals surface area contributed by atoms with Crippen molar-refractivity contribution in [1.29, 1.82) is 0 Å². The van der Waals surface area contributed by atoms with E-state index in [1.54, 1.807) is 0 Å². The number of carbonyl (C=O) groups excluding carboxylic acids is 3. The van der Waals surface area contributed by atoms with E-state index in [2.05, 4.69) is 34.6 Å². The Balaban J connectivity index is -0.0000000696. The van der Waals surface area contributed by atoms with Crippen molar-refractivity contribution < 1.29 is 69.0 Å². The SMILES string of the molecule is CC(C)=O.CC(C)=O.CC(C)=O.C[C]1[C](C)[C](C)[C](C)[C]1C.F[B-](F)(F)F.F[B-](F)(F)F.[Ir+3]. The molecule has 0 aromatic rings. The average Bonchev–Trinajstić information content (AvgIpc) is 2.60. The number of Topliss-reactive ketones (excluding diaryl/α,β-unsaturated/α-hetero) is 3. The van der Waals surface area contributed by atoms with Crippen LogP contribution in [-0.2, 0) is 34.5 Å². The van der Waals surface area contributed by atoms with Gasteiger partial charge in [-0.05, 0) is 71.1 Å². The van der Waals surface area contributed by atoms with Crippen LogP contribution in [0.1, 0.15) is 76.2 Å². The third-order valence-corrected chi connectivity index (χ3v) is 2.81. The second-order valence-corrected chi connectivity index (χ2v) is 6.84. The molecule has 0 aromatic heterocycles. The minimum absolute atomic E-state index is 0. The van der Waals surface area contributed by atoms with E-state index in [1.165, 1.54) is 71.1 Å². The maximum Gasteiger partial charge on any atom is 3.00 e.